The standard InChI is InChI=1S/C23H16N2O2/c1-27-23(26)22-20-13-17-11-15-7-5-6-8-16(15)12-18(17)14-21(20)25(24-22)19-9-3-2-4-10-19/h2-14H,1H3. The van der Waals surface area contributed by atoms with Crippen LogP contribution in [0.3, 0.4) is 0 Å². The number of aromatic nitrogens is 2. The van der Waals surface area contributed by atoms with E-state index in [1.165, 1.54) is 17.9 Å². The Labute approximate surface area is 155 Å². The van der Waals surface area contributed by atoms with Crippen molar-refractivity contribution in [1.29, 1.82) is 0 Å². The van der Waals surface area contributed by atoms with Crippen LogP contribution in [0, 0.1) is 0 Å². The molecular weight excluding hydrogens is 336 g/mol. The fourth-order valence-electron chi connectivity index (χ4n) is 3.57. The van der Waals surface area contributed by atoms with Gasteiger partial charge in [-0.15, -0.1) is 0 Å². The number of hydrogen-bond acceptors (Lipinski definition) is 3. The molecule has 27 heavy (non-hydrogen) atoms. The molecule has 5 aromatic rings. The van der Waals surface area contributed by atoms with Crippen molar-refractivity contribution in [3.05, 3.63) is 84.6 Å². The van der Waals surface area contributed by atoms with Crippen LogP contribution in [0.5, 0.6) is 0 Å². The SMILES string of the molecule is COC(=O)c1nn(-c2ccccc2)c2cc3cc4ccccc4cc3cc12. The van der Waals surface area contributed by atoms with Crippen molar-refractivity contribution < 1.29 is 9.53 Å². The predicted molar refractivity (Wildman–Crippen MR) is 107 cm³/mol. The molecule has 0 aliphatic carbocycles. The van der Waals surface area contributed by atoms with Crippen LogP contribution in [0.1, 0.15) is 10.5 Å². The predicted octanol–water partition coefficient (Wildman–Crippen LogP) is 5.12. The van der Waals surface area contributed by atoms with E-state index in [4.69, 9.17) is 4.74 Å². The number of fused-ring (bicyclic) bond motifs is 3. The zero-order valence-electron chi connectivity index (χ0n) is 14.7. The van der Waals surface area contributed by atoms with Crippen LogP contribution in [-0.4, -0.2) is 22.9 Å². The molecule has 0 amide bonds. The minimum atomic E-state index is -0.435. The normalized spacial score (nSPS) is 11.3. The highest BCUT2D eigenvalue weighted by molar-refractivity contribution is 6.09. The highest BCUT2D eigenvalue weighted by atomic mass is 16.5. The van der Waals surface area contributed by atoms with Crippen molar-refractivity contribution in [2.24, 2.45) is 0 Å². The van der Waals surface area contributed by atoms with Crippen LogP contribution in [0.25, 0.3) is 38.1 Å². The lowest BCUT2D eigenvalue weighted by Gasteiger charge is -2.06. The zero-order valence-corrected chi connectivity index (χ0v) is 14.7. The first-order valence-electron chi connectivity index (χ1n) is 8.73. The van der Waals surface area contributed by atoms with Crippen molar-refractivity contribution >= 4 is 38.4 Å². The summed E-state index contributed by atoms with van der Waals surface area (Å²) in [5, 5.41) is 9.88. The maximum atomic E-state index is 12.3. The van der Waals surface area contributed by atoms with E-state index in [9.17, 15) is 4.79 Å². The van der Waals surface area contributed by atoms with Gasteiger partial charge in [-0.25, -0.2) is 9.48 Å². The minimum Gasteiger partial charge on any atom is -0.464 e. The Morgan fingerprint density at radius 2 is 1.44 bits per heavy atom. The molecule has 0 saturated heterocycles. The van der Waals surface area contributed by atoms with E-state index < -0.39 is 5.97 Å². The summed E-state index contributed by atoms with van der Waals surface area (Å²) in [6.45, 7) is 0. The van der Waals surface area contributed by atoms with Gasteiger partial charge in [0, 0.05) is 5.39 Å². The number of esters is 1. The second kappa shape index (κ2) is 5.95. The van der Waals surface area contributed by atoms with Crippen molar-refractivity contribution in [2.75, 3.05) is 7.11 Å². The van der Waals surface area contributed by atoms with Crippen LogP contribution < -0.4 is 0 Å². The fraction of sp³-hybridized carbons (Fsp3) is 0.0435. The number of carbonyl (C=O) groups excluding carboxylic acids is 1. The second-order valence-corrected chi connectivity index (χ2v) is 6.50. The summed E-state index contributed by atoms with van der Waals surface area (Å²) in [4.78, 5) is 12.3. The molecule has 4 heteroatoms. The molecule has 0 aliphatic rings. The van der Waals surface area contributed by atoms with Crippen molar-refractivity contribution in [1.82, 2.24) is 9.78 Å². The number of hydrogen-bond donors (Lipinski definition) is 0. The Bertz CT molecular complexity index is 1320. The molecule has 0 N–H and O–H groups in total. The monoisotopic (exact) mass is 352 g/mol. The number of methoxy groups -OCH3 is 1. The summed E-state index contributed by atoms with van der Waals surface area (Å²) in [7, 11) is 1.38. The first-order valence-corrected chi connectivity index (χ1v) is 8.73. The molecule has 5 rings (SSSR count). The van der Waals surface area contributed by atoms with Gasteiger partial charge >= 0.3 is 5.97 Å². The van der Waals surface area contributed by atoms with E-state index in [1.54, 1.807) is 4.68 Å². The van der Waals surface area contributed by atoms with Crippen molar-refractivity contribution in [2.45, 2.75) is 0 Å². The molecule has 4 aromatic carbocycles. The van der Waals surface area contributed by atoms with Crippen LogP contribution in [-0.2, 0) is 4.74 Å². The number of ether oxygens (including phenoxy) is 1. The number of carbonyl (C=O) groups is 1. The molecule has 130 valence electrons. The maximum absolute atomic E-state index is 12.3. The van der Waals surface area contributed by atoms with E-state index in [0.29, 0.717) is 5.69 Å². The van der Waals surface area contributed by atoms with Gasteiger partial charge in [0.05, 0.1) is 18.3 Å². The van der Waals surface area contributed by atoms with Gasteiger partial charge in [0.2, 0.25) is 0 Å². The third-order valence-corrected chi connectivity index (χ3v) is 4.88. The maximum Gasteiger partial charge on any atom is 0.359 e. The molecule has 4 nitrogen and oxygen atoms in total. The van der Waals surface area contributed by atoms with Gasteiger partial charge in [0.25, 0.3) is 0 Å². The molecule has 0 unspecified atom stereocenters. The van der Waals surface area contributed by atoms with E-state index in [1.807, 2.05) is 48.5 Å². The van der Waals surface area contributed by atoms with Gasteiger partial charge in [-0.05, 0) is 57.9 Å². The third-order valence-electron chi connectivity index (χ3n) is 4.88. The fourth-order valence-corrected chi connectivity index (χ4v) is 3.57. The smallest absolute Gasteiger partial charge is 0.359 e. The largest absolute Gasteiger partial charge is 0.464 e. The Balaban J connectivity index is 1.88. The molecule has 1 heterocycles. The third kappa shape index (κ3) is 2.46. The number of benzene rings is 4. The molecule has 0 bridgehead atoms. The summed E-state index contributed by atoms with van der Waals surface area (Å²) in [6, 6.07) is 26.5. The highest BCUT2D eigenvalue weighted by Gasteiger charge is 2.19. The minimum absolute atomic E-state index is 0.325. The average molecular weight is 352 g/mol. The summed E-state index contributed by atoms with van der Waals surface area (Å²) in [6.07, 6.45) is 0. The Morgan fingerprint density at radius 1 is 0.815 bits per heavy atom. The molecule has 0 saturated carbocycles. The van der Waals surface area contributed by atoms with Crippen LogP contribution in [0.15, 0.2) is 78.9 Å². The Kier molecular flexibility index (Phi) is 3.44. The van der Waals surface area contributed by atoms with Gasteiger partial charge < -0.3 is 4.74 Å². The van der Waals surface area contributed by atoms with Gasteiger partial charge in [0.15, 0.2) is 5.69 Å². The Hall–Kier alpha value is -3.66. The number of rotatable bonds is 2. The molecule has 0 spiro atoms. The molecule has 0 fully saturated rings. The van der Waals surface area contributed by atoms with E-state index in [0.717, 1.165) is 27.4 Å². The lowest BCUT2D eigenvalue weighted by atomic mass is 10.0. The summed E-state index contributed by atoms with van der Waals surface area (Å²) >= 11 is 0. The van der Waals surface area contributed by atoms with Crippen LogP contribution in [0.4, 0.5) is 0 Å². The number of nitrogens with zero attached hydrogens (tertiary/aromatic N) is 2. The highest BCUT2D eigenvalue weighted by Crippen LogP contribution is 2.30. The quantitative estimate of drug-likeness (QED) is 0.327. The lowest BCUT2D eigenvalue weighted by molar-refractivity contribution is 0.0595. The lowest BCUT2D eigenvalue weighted by Crippen LogP contribution is -2.04. The first kappa shape index (κ1) is 15.6. The molecule has 1 aromatic heterocycles. The van der Waals surface area contributed by atoms with E-state index in [-0.39, 0.29) is 0 Å². The van der Waals surface area contributed by atoms with Gasteiger partial charge in [0.1, 0.15) is 0 Å². The number of para-hydroxylation sites is 1. The Morgan fingerprint density at radius 3 is 2.11 bits per heavy atom. The molecule has 0 atom stereocenters. The first-order chi connectivity index (χ1) is 13.2. The summed E-state index contributed by atoms with van der Waals surface area (Å²) < 4.78 is 6.76. The van der Waals surface area contributed by atoms with Crippen molar-refractivity contribution in [3.63, 3.8) is 0 Å². The second-order valence-electron chi connectivity index (χ2n) is 6.50. The van der Waals surface area contributed by atoms with Crippen molar-refractivity contribution in [3.8, 4) is 5.69 Å². The molecule has 0 radical (unpaired) electrons. The molecular formula is C23H16N2O2. The van der Waals surface area contributed by atoms with Gasteiger partial charge in [-0.1, -0.05) is 42.5 Å². The topological polar surface area (TPSA) is 44.1 Å². The van der Waals surface area contributed by atoms with Gasteiger partial charge in [-0.3, -0.25) is 0 Å². The van der Waals surface area contributed by atoms with E-state index in [2.05, 4.69) is 35.4 Å². The summed E-state index contributed by atoms with van der Waals surface area (Å²) in [5.74, 6) is -0.435. The average Bonchev–Trinajstić information content (AvgIpc) is 3.09. The van der Waals surface area contributed by atoms with Crippen LogP contribution in [0.2, 0.25) is 0 Å². The van der Waals surface area contributed by atoms with Gasteiger partial charge in [-0.2, -0.15) is 5.10 Å². The zero-order chi connectivity index (χ0) is 18.4. The van der Waals surface area contributed by atoms with E-state index >= 15 is 0 Å². The van der Waals surface area contributed by atoms with Crippen LogP contribution >= 0.6 is 0 Å². The summed E-state index contributed by atoms with van der Waals surface area (Å²) in [5.41, 5.74) is 2.11. The molecule has 0 aliphatic heterocycles.